The molecule has 1 aromatic heterocycles. The maximum absolute atomic E-state index is 12.0. The quantitative estimate of drug-likeness (QED) is 0.585. The Morgan fingerprint density at radius 2 is 2.21 bits per heavy atom. The molecule has 0 amide bonds. The Hall–Kier alpha value is -2.18. The van der Waals surface area contributed by atoms with Crippen LogP contribution in [-0.4, -0.2) is 54.8 Å². The first-order valence-electron chi connectivity index (χ1n) is 10.1. The van der Waals surface area contributed by atoms with Gasteiger partial charge in [0.2, 0.25) is 0 Å². The highest BCUT2D eigenvalue weighted by molar-refractivity contribution is 5.84. The van der Waals surface area contributed by atoms with Gasteiger partial charge in [0.25, 0.3) is 0 Å². The van der Waals surface area contributed by atoms with Gasteiger partial charge < -0.3 is 14.2 Å². The molecule has 6 rings (SSSR count). The van der Waals surface area contributed by atoms with E-state index in [2.05, 4.69) is 9.88 Å². The van der Waals surface area contributed by atoms with Crippen LogP contribution in [-0.2, 0) is 14.3 Å². The molecule has 6 nitrogen and oxygen atoms in total. The third-order valence-electron chi connectivity index (χ3n) is 6.62. The highest BCUT2D eigenvalue weighted by atomic mass is 16.6. The van der Waals surface area contributed by atoms with Gasteiger partial charge >= 0.3 is 5.97 Å². The Kier molecular flexibility index (Phi) is 4.48. The Balaban J connectivity index is 1.53. The Morgan fingerprint density at radius 3 is 2.89 bits per heavy atom. The summed E-state index contributed by atoms with van der Waals surface area (Å²) in [7, 11) is 1.66. The summed E-state index contributed by atoms with van der Waals surface area (Å²) in [4.78, 5) is 19.0. The summed E-state index contributed by atoms with van der Waals surface area (Å²) in [6.07, 6.45) is 4.18. The van der Waals surface area contributed by atoms with E-state index in [0.29, 0.717) is 17.9 Å². The molecule has 2 aromatic rings. The molecule has 4 fully saturated rings. The van der Waals surface area contributed by atoms with Crippen LogP contribution in [0.1, 0.15) is 31.4 Å². The summed E-state index contributed by atoms with van der Waals surface area (Å²) in [5.41, 5.74) is 1.89. The SMILES string of the molecule is COc1ccc2nccc([C@@H](OC(C)=O)[C@@H]3C[C@@H]4CCN3C[C@@H]4C3CO3)c2c1. The first-order valence-corrected chi connectivity index (χ1v) is 10.1. The number of methoxy groups -OCH3 is 1. The van der Waals surface area contributed by atoms with Crippen molar-refractivity contribution in [1.29, 1.82) is 0 Å². The average Bonchev–Trinajstić information content (AvgIpc) is 3.56. The van der Waals surface area contributed by atoms with Gasteiger partial charge in [-0.15, -0.1) is 0 Å². The topological polar surface area (TPSA) is 64.2 Å². The Labute approximate surface area is 164 Å². The minimum atomic E-state index is -0.307. The Morgan fingerprint density at radius 1 is 1.36 bits per heavy atom. The largest absolute Gasteiger partial charge is 0.497 e. The van der Waals surface area contributed by atoms with Gasteiger partial charge in [-0.1, -0.05) is 0 Å². The molecular weight excluding hydrogens is 356 g/mol. The number of rotatable bonds is 5. The molecule has 0 spiro atoms. The van der Waals surface area contributed by atoms with Crippen LogP contribution in [0.2, 0.25) is 0 Å². The molecule has 4 aliphatic heterocycles. The first kappa shape index (κ1) is 17.9. The molecule has 2 unspecified atom stereocenters. The smallest absolute Gasteiger partial charge is 0.303 e. The molecule has 5 heterocycles. The molecule has 4 aliphatic rings. The monoisotopic (exact) mass is 382 g/mol. The van der Waals surface area contributed by atoms with E-state index in [1.54, 1.807) is 13.3 Å². The van der Waals surface area contributed by atoms with Crippen molar-refractivity contribution in [2.24, 2.45) is 11.8 Å². The zero-order valence-electron chi connectivity index (χ0n) is 16.3. The fourth-order valence-electron chi connectivity index (χ4n) is 5.20. The van der Waals surface area contributed by atoms with E-state index < -0.39 is 0 Å². The maximum Gasteiger partial charge on any atom is 0.303 e. The van der Waals surface area contributed by atoms with Crippen LogP contribution in [0, 0.1) is 11.8 Å². The molecule has 2 bridgehead atoms. The molecule has 148 valence electrons. The number of aromatic nitrogens is 1. The zero-order valence-corrected chi connectivity index (χ0v) is 16.3. The number of carbonyl (C=O) groups excluding carboxylic acids is 1. The van der Waals surface area contributed by atoms with E-state index in [4.69, 9.17) is 14.2 Å². The fourth-order valence-corrected chi connectivity index (χ4v) is 5.20. The molecule has 6 atom stereocenters. The number of nitrogens with zero attached hydrogens (tertiary/aromatic N) is 2. The number of pyridine rings is 1. The molecule has 6 heteroatoms. The van der Waals surface area contributed by atoms with Crippen molar-refractivity contribution in [1.82, 2.24) is 9.88 Å². The molecule has 0 radical (unpaired) electrons. The van der Waals surface area contributed by atoms with Crippen molar-refractivity contribution in [3.63, 3.8) is 0 Å². The number of piperidine rings is 3. The minimum Gasteiger partial charge on any atom is -0.497 e. The third kappa shape index (κ3) is 3.14. The number of fused-ring (bicyclic) bond motifs is 4. The van der Waals surface area contributed by atoms with Crippen LogP contribution in [0.25, 0.3) is 10.9 Å². The van der Waals surface area contributed by atoms with Crippen LogP contribution in [0.5, 0.6) is 5.75 Å². The van der Waals surface area contributed by atoms with E-state index in [1.807, 2.05) is 24.3 Å². The van der Waals surface area contributed by atoms with Crippen LogP contribution in [0.15, 0.2) is 30.5 Å². The normalized spacial score (nSPS) is 32.1. The van der Waals surface area contributed by atoms with Crippen LogP contribution in [0.4, 0.5) is 0 Å². The third-order valence-corrected chi connectivity index (χ3v) is 6.62. The molecule has 28 heavy (non-hydrogen) atoms. The van der Waals surface area contributed by atoms with Gasteiger partial charge in [-0.2, -0.15) is 0 Å². The second-order valence-electron chi connectivity index (χ2n) is 8.20. The van der Waals surface area contributed by atoms with Gasteiger partial charge in [0.15, 0.2) is 0 Å². The molecule has 1 aromatic carbocycles. The van der Waals surface area contributed by atoms with Gasteiger partial charge in [0.05, 0.1) is 31.4 Å². The van der Waals surface area contributed by atoms with Crippen molar-refractivity contribution in [3.8, 4) is 5.75 Å². The highest BCUT2D eigenvalue weighted by Crippen LogP contribution is 2.46. The van der Waals surface area contributed by atoms with Gasteiger partial charge in [-0.3, -0.25) is 14.7 Å². The number of hydrogen-bond donors (Lipinski definition) is 0. The first-order chi connectivity index (χ1) is 13.6. The van der Waals surface area contributed by atoms with Gasteiger partial charge in [-0.05, 0) is 49.6 Å². The molecule has 0 aliphatic carbocycles. The van der Waals surface area contributed by atoms with E-state index in [1.165, 1.54) is 13.3 Å². The fraction of sp³-hybridized carbons (Fsp3) is 0.545. The molecular formula is C22H26N2O4. The predicted octanol–water partition coefficient (Wildman–Crippen LogP) is 2.96. The lowest BCUT2D eigenvalue weighted by Gasteiger charge is -2.51. The average molecular weight is 382 g/mol. The summed E-state index contributed by atoms with van der Waals surface area (Å²) in [6, 6.07) is 8.03. The minimum absolute atomic E-state index is 0.189. The lowest BCUT2D eigenvalue weighted by Crippen LogP contribution is -2.57. The number of hydrogen-bond acceptors (Lipinski definition) is 6. The van der Waals surface area contributed by atoms with Crippen LogP contribution < -0.4 is 4.74 Å². The van der Waals surface area contributed by atoms with Crippen molar-refractivity contribution < 1.29 is 19.0 Å². The summed E-state index contributed by atoms with van der Waals surface area (Å²) < 4.78 is 17.0. The van der Waals surface area contributed by atoms with E-state index in [-0.39, 0.29) is 18.1 Å². The number of esters is 1. The summed E-state index contributed by atoms with van der Waals surface area (Å²) >= 11 is 0. The number of benzene rings is 1. The number of carbonyl (C=O) groups is 1. The van der Waals surface area contributed by atoms with Gasteiger partial charge in [-0.25, -0.2) is 0 Å². The summed E-state index contributed by atoms with van der Waals surface area (Å²) in [5, 5.41) is 0.984. The maximum atomic E-state index is 12.0. The number of ether oxygens (including phenoxy) is 3. The van der Waals surface area contributed by atoms with E-state index in [9.17, 15) is 4.79 Å². The van der Waals surface area contributed by atoms with Crippen molar-refractivity contribution in [3.05, 3.63) is 36.0 Å². The Bertz CT molecular complexity index is 897. The van der Waals surface area contributed by atoms with Crippen molar-refractivity contribution >= 4 is 16.9 Å². The summed E-state index contributed by atoms with van der Waals surface area (Å²) in [5.74, 6) is 1.79. The predicted molar refractivity (Wildman–Crippen MR) is 104 cm³/mol. The lowest BCUT2D eigenvalue weighted by atomic mass is 9.72. The lowest BCUT2D eigenvalue weighted by molar-refractivity contribution is -0.155. The van der Waals surface area contributed by atoms with Crippen molar-refractivity contribution in [2.45, 2.75) is 38.0 Å². The molecule has 4 saturated heterocycles. The van der Waals surface area contributed by atoms with E-state index in [0.717, 1.165) is 48.3 Å². The second kappa shape index (κ2) is 7.01. The van der Waals surface area contributed by atoms with Crippen molar-refractivity contribution in [2.75, 3.05) is 26.8 Å². The zero-order chi connectivity index (χ0) is 19.3. The van der Waals surface area contributed by atoms with Crippen LogP contribution in [0.3, 0.4) is 0 Å². The standard InChI is InChI=1S/C22H26N2O4/c1-13(25)28-22(16-5-7-23-19-4-3-15(26-2)10-17(16)19)20-9-14-6-8-24(20)11-18(14)21-12-27-21/h3-5,7,10,14,18,20-22H,6,8-9,11-12H2,1-2H3/t14-,18-,20-,21?,22+/m0/s1. The second-order valence-corrected chi connectivity index (χ2v) is 8.20. The van der Waals surface area contributed by atoms with Crippen LogP contribution >= 0.6 is 0 Å². The number of epoxide rings is 1. The van der Waals surface area contributed by atoms with Gasteiger partial charge in [0, 0.05) is 36.5 Å². The molecule has 0 N–H and O–H groups in total. The van der Waals surface area contributed by atoms with Gasteiger partial charge in [0.1, 0.15) is 11.9 Å². The summed E-state index contributed by atoms with van der Waals surface area (Å²) in [6.45, 7) is 4.49. The highest BCUT2D eigenvalue weighted by Gasteiger charge is 2.49. The molecule has 0 saturated carbocycles. The van der Waals surface area contributed by atoms with E-state index >= 15 is 0 Å².